The number of piperidine rings is 1. The molecule has 0 aliphatic carbocycles. The standard InChI is InChI=1S/C9H11ClFNS/c10-7-2-5-13-8(7)9(11)3-1-4-12-6-9/h2,5,12H,1,3-4,6H2. The summed E-state index contributed by atoms with van der Waals surface area (Å²) in [4.78, 5) is 0.682. The molecule has 1 aromatic heterocycles. The number of rotatable bonds is 1. The lowest BCUT2D eigenvalue weighted by molar-refractivity contribution is 0.126. The summed E-state index contributed by atoms with van der Waals surface area (Å²) in [5, 5.41) is 5.47. The van der Waals surface area contributed by atoms with E-state index in [1.807, 2.05) is 5.38 Å². The summed E-state index contributed by atoms with van der Waals surface area (Å²) in [6.07, 6.45) is 1.46. The van der Waals surface area contributed by atoms with E-state index in [0.29, 0.717) is 22.9 Å². The van der Waals surface area contributed by atoms with Crippen LogP contribution in [-0.2, 0) is 5.67 Å². The first kappa shape index (κ1) is 9.44. The molecule has 1 aromatic rings. The lowest BCUT2D eigenvalue weighted by Gasteiger charge is -2.29. The van der Waals surface area contributed by atoms with E-state index in [-0.39, 0.29) is 0 Å². The lowest BCUT2D eigenvalue weighted by Crippen LogP contribution is -2.39. The molecule has 1 unspecified atom stereocenters. The van der Waals surface area contributed by atoms with Gasteiger partial charge in [-0.1, -0.05) is 11.6 Å². The van der Waals surface area contributed by atoms with Gasteiger partial charge >= 0.3 is 0 Å². The first-order valence-electron chi connectivity index (χ1n) is 4.35. The van der Waals surface area contributed by atoms with Crippen LogP contribution in [0, 0.1) is 0 Å². The zero-order valence-corrected chi connectivity index (χ0v) is 8.72. The molecule has 2 heterocycles. The van der Waals surface area contributed by atoms with Crippen molar-refractivity contribution in [2.75, 3.05) is 13.1 Å². The maximum atomic E-state index is 14.3. The van der Waals surface area contributed by atoms with Gasteiger partial charge in [-0.3, -0.25) is 0 Å². The smallest absolute Gasteiger partial charge is 0.158 e. The highest BCUT2D eigenvalue weighted by atomic mass is 35.5. The first-order chi connectivity index (χ1) is 6.22. The molecule has 0 amide bonds. The molecule has 1 saturated heterocycles. The van der Waals surface area contributed by atoms with Crippen molar-refractivity contribution in [3.05, 3.63) is 21.3 Å². The molecule has 4 heteroatoms. The van der Waals surface area contributed by atoms with Gasteiger partial charge in [0.05, 0.1) is 9.90 Å². The Kier molecular flexibility index (Phi) is 2.58. The van der Waals surface area contributed by atoms with E-state index in [9.17, 15) is 4.39 Å². The van der Waals surface area contributed by atoms with E-state index in [1.54, 1.807) is 6.07 Å². The van der Waals surface area contributed by atoms with Gasteiger partial charge in [-0.05, 0) is 30.8 Å². The number of hydrogen-bond acceptors (Lipinski definition) is 2. The molecular weight excluding hydrogens is 209 g/mol. The number of thiophene rings is 1. The van der Waals surface area contributed by atoms with Crippen molar-refractivity contribution in [1.82, 2.24) is 5.32 Å². The maximum absolute atomic E-state index is 14.3. The minimum Gasteiger partial charge on any atom is -0.313 e. The fourth-order valence-corrected chi connectivity index (χ4v) is 3.02. The Hall–Kier alpha value is -0.120. The summed E-state index contributed by atoms with van der Waals surface area (Å²) in [6, 6.07) is 1.76. The van der Waals surface area contributed by atoms with Gasteiger partial charge in [-0.2, -0.15) is 0 Å². The van der Waals surface area contributed by atoms with Crippen LogP contribution in [0.4, 0.5) is 4.39 Å². The molecule has 1 aliphatic heterocycles. The Bertz CT molecular complexity index is 294. The second-order valence-corrected chi connectivity index (χ2v) is 4.67. The quantitative estimate of drug-likeness (QED) is 0.766. The zero-order chi connectivity index (χ0) is 9.31. The molecule has 72 valence electrons. The molecule has 2 rings (SSSR count). The highest BCUT2D eigenvalue weighted by molar-refractivity contribution is 7.10. The maximum Gasteiger partial charge on any atom is 0.158 e. The summed E-state index contributed by atoms with van der Waals surface area (Å²) in [7, 11) is 0. The molecule has 0 saturated carbocycles. The van der Waals surface area contributed by atoms with Crippen LogP contribution in [0.5, 0.6) is 0 Å². The van der Waals surface area contributed by atoms with Crippen molar-refractivity contribution in [2.45, 2.75) is 18.5 Å². The van der Waals surface area contributed by atoms with E-state index in [4.69, 9.17) is 11.6 Å². The molecule has 1 atom stereocenters. The van der Waals surface area contributed by atoms with Gasteiger partial charge in [0.25, 0.3) is 0 Å². The summed E-state index contributed by atoms with van der Waals surface area (Å²) >= 11 is 7.31. The molecule has 1 nitrogen and oxygen atoms in total. The average molecular weight is 220 g/mol. The normalized spacial score (nSPS) is 29.1. The van der Waals surface area contributed by atoms with Crippen LogP contribution < -0.4 is 5.32 Å². The second-order valence-electron chi connectivity index (χ2n) is 3.34. The summed E-state index contributed by atoms with van der Waals surface area (Å²) in [5.74, 6) is 0. The van der Waals surface area contributed by atoms with E-state index < -0.39 is 5.67 Å². The molecule has 0 spiro atoms. The number of alkyl halides is 1. The third-order valence-corrected chi connectivity index (χ3v) is 3.88. The topological polar surface area (TPSA) is 12.0 Å². The Labute approximate surface area is 85.9 Å². The molecular formula is C9H11ClFNS. The van der Waals surface area contributed by atoms with Gasteiger partial charge in [0, 0.05) is 6.54 Å². The third kappa shape index (κ3) is 1.73. The van der Waals surface area contributed by atoms with E-state index in [0.717, 1.165) is 13.0 Å². The number of nitrogens with one attached hydrogen (secondary N) is 1. The molecule has 0 radical (unpaired) electrons. The zero-order valence-electron chi connectivity index (χ0n) is 7.15. The van der Waals surface area contributed by atoms with Gasteiger partial charge in [-0.15, -0.1) is 11.3 Å². The van der Waals surface area contributed by atoms with Crippen molar-refractivity contribution in [1.29, 1.82) is 0 Å². The van der Waals surface area contributed by atoms with Gasteiger partial charge < -0.3 is 5.32 Å². The van der Waals surface area contributed by atoms with Gasteiger partial charge in [0.1, 0.15) is 0 Å². The summed E-state index contributed by atoms with van der Waals surface area (Å²) < 4.78 is 14.3. The highest BCUT2D eigenvalue weighted by Crippen LogP contribution is 2.40. The van der Waals surface area contributed by atoms with Gasteiger partial charge in [-0.25, -0.2) is 4.39 Å². The minimum absolute atomic E-state index is 0.396. The summed E-state index contributed by atoms with van der Waals surface area (Å²) in [5.41, 5.74) is -1.23. The largest absolute Gasteiger partial charge is 0.313 e. The molecule has 1 aliphatic rings. The molecule has 0 aromatic carbocycles. The number of halogens is 2. The Morgan fingerprint density at radius 1 is 1.62 bits per heavy atom. The van der Waals surface area contributed by atoms with Crippen molar-refractivity contribution in [3.63, 3.8) is 0 Å². The lowest BCUT2D eigenvalue weighted by atomic mass is 9.94. The van der Waals surface area contributed by atoms with Crippen molar-refractivity contribution in [3.8, 4) is 0 Å². The Morgan fingerprint density at radius 2 is 2.46 bits per heavy atom. The minimum atomic E-state index is -1.23. The van der Waals surface area contributed by atoms with Crippen LogP contribution in [0.3, 0.4) is 0 Å². The SMILES string of the molecule is FC1(c2sccc2Cl)CCCNC1. The van der Waals surface area contributed by atoms with Crippen LogP contribution in [0.1, 0.15) is 17.7 Å². The number of hydrogen-bond donors (Lipinski definition) is 1. The molecule has 0 bridgehead atoms. The Morgan fingerprint density at radius 3 is 3.00 bits per heavy atom. The van der Waals surface area contributed by atoms with Crippen LogP contribution in [0.25, 0.3) is 0 Å². The molecule has 1 N–H and O–H groups in total. The fourth-order valence-electron chi connectivity index (χ4n) is 1.68. The second kappa shape index (κ2) is 3.56. The molecule has 13 heavy (non-hydrogen) atoms. The van der Waals surface area contributed by atoms with E-state index >= 15 is 0 Å². The third-order valence-electron chi connectivity index (χ3n) is 2.36. The van der Waals surface area contributed by atoms with Gasteiger partial charge in [0.15, 0.2) is 5.67 Å². The molecule has 1 fully saturated rings. The highest BCUT2D eigenvalue weighted by Gasteiger charge is 2.36. The van der Waals surface area contributed by atoms with E-state index in [2.05, 4.69) is 5.32 Å². The monoisotopic (exact) mass is 219 g/mol. The van der Waals surface area contributed by atoms with Crippen molar-refractivity contribution < 1.29 is 4.39 Å². The predicted molar refractivity (Wildman–Crippen MR) is 54.2 cm³/mol. The fraction of sp³-hybridized carbons (Fsp3) is 0.556. The average Bonchev–Trinajstić information content (AvgIpc) is 2.53. The van der Waals surface area contributed by atoms with Crippen LogP contribution >= 0.6 is 22.9 Å². The van der Waals surface area contributed by atoms with Gasteiger partial charge in [0.2, 0.25) is 0 Å². The first-order valence-corrected chi connectivity index (χ1v) is 5.61. The predicted octanol–water partition coefficient (Wildman–Crippen LogP) is 2.95. The Balaban J connectivity index is 2.27. The van der Waals surface area contributed by atoms with Crippen LogP contribution in [0.15, 0.2) is 11.4 Å². The van der Waals surface area contributed by atoms with Crippen LogP contribution in [0.2, 0.25) is 5.02 Å². The van der Waals surface area contributed by atoms with E-state index in [1.165, 1.54) is 11.3 Å². The van der Waals surface area contributed by atoms with Crippen molar-refractivity contribution in [2.24, 2.45) is 0 Å². The van der Waals surface area contributed by atoms with Crippen LogP contribution in [-0.4, -0.2) is 13.1 Å². The van der Waals surface area contributed by atoms with Crippen molar-refractivity contribution >= 4 is 22.9 Å². The summed E-state index contributed by atoms with van der Waals surface area (Å²) in [6.45, 7) is 1.31.